The third kappa shape index (κ3) is 3.57. The zero-order valence-corrected chi connectivity index (χ0v) is 14.2. The van der Waals surface area contributed by atoms with Crippen molar-refractivity contribution in [1.29, 1.82) is 0 Å². The number of benzene rings is 1. The Morgan fingerprint density at radius 3 is 2.76 bits per heavy atom. The Morgan fingerprint density at radius 1 is 1.24 bits per heavy atom. The second kappa shape index (κ2) is 6.78. The van der Waals surface area contributed by atoms with Gasteiger partial charge in [-0.05, 0) is 55.6 Å². The van der Waals surface area contributed by atoms with Crippen LogP contribution in [-0.2, 0) is 13.0 Å². The maximum absolute atomic E-state index is 4.40. The number of aryl methyl sites for hydroxylation is 1. The van der Waals surface area contributed by atoms with Gasteiger partial charge in [-0.15, -0.1) is 0 Å². The minimum absolute atomic E-state index is 0.641. The predicted molar refractivity (Wildman–Crippen MR) is 90.8 cm³/mol. The molecule has 2 nitrogen and oxygen atoms in total. The number of halogens is 1. The molecule has 1 heterocycles. The van der Waals surface area contributed by atoms with Gasteiger partial charge in [-0.3, -0.25) is 4.68 Å². The number of aromatic nitrogens is 2. The fourth-order valence-electron chi connectivity index (χ4n) is 3.45. The van der Waals surface area contributed by atoms with Crippen LogP contribution in [0.1, 0.15) is 43.2 Å². The lowest BCUT2D eigenvalue weighted by atomic mass is 9.76. The lowest BCUT2D eigenvalue weighted by molar-refractivity contribution is 0.335. The summed E-state index contributed by atoms with van der Waals surface area (Å²) in [5, 5.41) is 4.40. The highest BCUT2D eigenvalue weighted by atomic mass is 79.9. The molecule has 112 valence electrons. The molecule has 21 heavy (non-hydrogen) atoms. The summed E-state index contributed by atoms with van der Waals surface area (Å²) in [5.41, 5.74) is 2.88. The number of nitrogens with zero attached hydrogens (tertiary/aromatic N) is 2. The van der Waals surface area contributed by atoms with E-state index in [0.29, 0.717) is 16.7 Å². The molecule has 0 bridgehead atoms. The van der Waals surface area contributed by atoms with E-state index in [1.807, 2.05) is 10.9 Å². The Hall–Kier alpha value is -1.09. The average Bonchev–Trinajstić information content (AvgIpc) is 2.98. The van der Waals surface area contributed by atoms with Crippen molar-refractivity contribution in [1.82, 2.24) is 9.78 Å². The summed E-state index contributed by atoms with van der Waals surface area (Å²) in [7, 11) is 0. The van der Waals surface area contributed by atoms with Crippen molar-refractivity contribution < 1.29 is 0 Å². The zero-order chi connectivity index (χ0) is 14.7. The Morgan fingerprint density at radius 2 is 2.05 bits per heavy atom. The molecule has 1 fully saturated rings. The van der Waals surface area contributed by atoms with Gasteiger partial charge in [0.2, 0.25) is 0 Å². The highest BCUT2D eigenvalue weighted by molar-refractivity contribution is 9.09. The molecular formula is C18H23BrN2. The van der Waals surface area contributed by atoms with Crippen LogP contribution < -0.4 is 0 Å². The average molecular weight is 347 g/mol. The zero-order valence-electron chi connectivity index (χ0n) is 12.6. The third-order valence-electron chi connectivity index (χ3n) is 4.67. The van der Waals surface area contributed by atoms with Gasteiger partial charge in [0.1, 0.15) is 0 Å². The van der Waals surface area contributed by atoms with Crippen molar-refractivity contribution in [2.24, 2.45) is 5.92 Å². The molecule has 1 saturated carbocycles. The molecular weight excluding hydrogens is 324 g/mol. The molecule has 1 aromatic carbocycles. The van der Waals surface area contributed by atoms with E-state index < -0.39 is 0 Å². The van der Waals surface area contributed by atoms with Crippen LogP contribution in [0.3, 0.4) is 0 Å². The van der Waals surface area contributed by atoms with E-state index >= 15 is 0 Å². The van der Waals surface area contributed by atoms with Crippen LogP contribution in [0.15, 0.2) is 42.7 Å². The van der Waals surface area contributed by atoms with E-state index in [9.17, 15) is 0 Å². The summed E-state index contributed by atoms with van der Waals surface area (Å²) in [5.74, 6) is 1.42. The molecule has 0 aliphatic heterocycles. The highest BCUT2D eigenvalue weighted by Gasteiger charge is 2.29. The second-order valence-corrected chi connectivity index (χ2v) is 7.28. The lowest BCUT2D eigenvalue weighted by Crippen LogP contribution is -2.25. The van der Waals surface area contributed by atoms with Gasteiger partial charge in [0.25, 0.3) is 0 Å². The first-order valence-corrected chi connectivity index (χ1v) is 8.88. The van der Waals surface area contributed by atoms with E-state index in [4.69, 9.17) is 0 Å². The monoisotopic (exact) mass is 346 g/mol. The lowest BCUT2D eigenvalue weighted by Gasteiger charge is -2.33. The van der Waals surface area contributed by atoms with E-state index in [2.05, 4.69) is 64.5 Å². The molecule has 3 atom stereocenters. The van der Waals surface area contributed by atoms with Crippen molar-refractivity contribution in [3.63, 3.8) is 0 Å². The Bertz CT molecular complexity index is 564. The first-order chi connectivity index (χ1) is 10.3. The number of rotatable bonds is 4. The van der Waals surface area contributed by atoms with Gasteiger partial charge in [0, 0.05) is 17.6 Å². The van der Waals surface area contributed by atoms with Crippen LogP contribution in [0.2, 0.25) is 0 Å². The smallest absolute Gasteiger partial charge is 0.0521 e. The molecule has 1 aliphatic rings. The van der Waals surface area contributed by atoms with Crippen LogP contribution in [0.4, 0.5) is 0 Å². The van der Waals surface area contributed by atoms with Crippen molar-refractivity contribution in [2.45, 2.75) is 49.9 Å². The van der Waals surface area contributed by atoms with Crippen molar-refractivity contribution >= 4 is 15.9 Å². The molecule has 1 aliphatic carbocycles. The normalized spacial score (nSPS) is 25.9. The van der Waals surface area contributed by atoms with Crippen molar-refractivity contribution in [3.05, 3.63) is 53.9 Å². The van der Waals surface area contributed by atoms with E-state index in [1.54, 1.807) is 0 Å². The van der Waals surface area contributed by atoms with E-state index in [1.165, 1.54) is 30.4 Å². The maximum Gasteiger partial charge on any atom is 0.0521 e. The van der Waals surface area contributed by atoms with Crippen LogP contribution >= 0.6 is 15.9 Å². The van der Waals surface area contributed by atoms with Crippen molar-refractivity contribution in [2.75, 3.05) is 0 Å². The highest BCUT2D eigenvalue weighted by Crippen LogP contribution is 2.40. The van der Waals surface area contributed by atoms with Gasteiger partial charge < -0.3 is 0 Å². The summed E-state index contributed by atoms with van der Waals surface area (Å²) in [6, 6.07) is 11.0. The molecule has 0 amide bonds. The SMILES string of the molecule is CCn1cc(CC2CC(c3ccccc3)CCC2Br)cn1. The largest absolute Gasteiger partial charge is 0.273 e. The molecule has 0 spiro atoms. The number of hydrogen-bond acceptors (Lipinski definition) is 1. The van der Waals surface area contributed by atoms with E-state index in [-0.39, 0.29) is 0 Å². The minimum Gasteiger partial charge on any atom is -0.273 e. The van der Waals surface area contributed by atoms with Gasteiger partial charge in [-0.25, -0.2) is 0 Å². The van der Waals surface area contributed by atoms with Gasteiger partial charge in [-0.2, -0.15) is 5.10 Å². The molecule has 3 heteroatoms. The van der Waals surface area contributed by atoms with E-state index in [0.717, 1.165) is 13.0 Å². The van der Waals surface area contributed by atoms with Crippen LogP contribution in [0, 0.1) is 5.92 Å². The molecule has 1 aromatic heterocycles. The van der Waals surface area contributed by atoms with Crippen molar-refractivity contribution in [3.8, 4) is 0 Å². The predicted octanol–water partition coefficient (Wildman–Crippen LogP) is 4.79. The van der Waals surface area contributed by atoms with Crippen LogP contribution in [0.5, 0.6) is 0 Å². The van der Waals surface area contributed by atoms with Gasteiger partial charge in [0.15, 0.2) is 0 Å². The number of hydrogen-bond donors (Lipinski definition) is 0. The summed E-state index contributed by atoms with van der Waals surface area (Å²) in [6.45, 7) is 3.09. The molecule has 2 aromatic rings. The quantitative estimate of drug-likeness (QED) is 0.727. The maximum atomic E-state index is 4.40. The summed E-state index contributed by atoms with van der Waals surface area (Å²) in [4.78, 5) is 0.641. The Kier molecular flexibility index (Phi) is 4.79. The second-order valence-electron chi connectivity index (χ2n) is 6.11. The fourth-order valence-corrected chi connectivity index (χ4v) is 4.12. The Labute approximate surface area is 135 Å². The van der Waals surface area contributed by atoms with Gasteiger partial charge in [-0.1, -0.05) is 46.3 Å². The standard InChI is InChI=1S/C18H23BrN2/c1-2-21-13-14(12-20-21)10-17-11-16(8-9-18(17)19)15-6-4-3-5-7-15/h3-7,12-13,16-18H,2,8-11H2,1H3. The molecule has 0 radical (unpaired) electrons. The first-order valence-electron chi connectivity index (χ1n) is 7.96. The van der Waals surface area contributed by atoms with Gasteiger partial charge in [0.05, 0.1) is 6.20 Å². The summed E-state index contributed by atoms with van der Waals surface area (Å²) in [6.07, 6.45) is 9.22. The van der Waals surface area contributed by atoms with Crippen LogP contribution in [0.25, 0.3) is 0 Å². The minimum atomic E-state index is 0.641. The van der Waals surface area contributed by atoms with Crippen LogP contribution in [-0.4, -0.2) is 14.6 Å². The molecule has 0 saturated heterocycles. The number of alkyl halides is 1. The molecule has 3 rings (SSSR count). The third-order valence-corrected chi connectivity index (χ3v) is 5.87. The molecule has 3 unspecified atom stereocenters. The summed E-state index contributed by atoms with van der Waals surface area (Å²) >= 11 is 3.91. The first kappa shape index (κ1) is 14.8. The van der Waals surface area contributed by atoms with Gasteiger partial charge >= 0.3 is 0 Å². The summed E-state index contributed by atoms with van der Waals surface area (Å²) < 4.78 is 2.02. The fraction of sp³-hybridized carbons (Fsp3) is 0.500. The molecule has 0 N–H and O–H groups in total. The topological polar surface area (TPSA) is 17.8 Å². The Balaban J connectivity index is 1.69.